The Hall–Kier alpha value is -16.0. The van der Waals surface area contributed by atoms with Crippen LogP contribution < -0.4 is 0 Å². The molecule has 0 amide bonds. The fraction of sp³-hybridized carbons (Fsp3) is 0.0408. The van der Waals surface area contributed by atoms with Crippen LogP contribution in [0, 0.1) is 24.5 Å². The van der Waals surface area contributed by atoms with Crippen molar-refractivity contribution >= 4 is 78.9 Å². The van der Waals surface area contributed by atoms with Crippen molar-refractivity contribution in [3.63, 3.8) is 0 Å². The first-order valence-electron chi connectivity index (χ1n) is 36.6. The fourth-order valence-corrected chi connectivity index (χ4v) is 14.4. The smallest absolute Gasteiger partial charge is 0.338 e. The third-order valence-corrected chi connectivity index (χ3v) is 20.1. The van der Waals surface area contributed by atoms with E-state index in [4.69, 9.17) is 47.0 Å². The lowest BCUT2D eigenvalue weighted by atomic mass is 9.99. The highest BCUT2D eigenvalue weighted by atomic mass is 16.5. The second-order valence-corrected chi connectivity index (χ2v) is 27.1. The maximum atomic E-state index is 14.3. The molecule has 0 atom stereocenters. The van der Waals surface area contributed by atoms with Crippen molar-refractivity contribution in [2.24, 2.45) is 0 Å². The van der Waals surface area contributed by atoms with Gasteiger partial charge in [0.1, 0.15) is 26.4 Å². The number of esters is 4. The molecule has 0 aliphatic rings. The molecule has 0 aliphatic carbocycles. The molecule has 542 valence electrons. The molecule has 0 saturated heterocycles. The first kappa shape index (κ1) is 71.0. The maximum absolute atomic E-state index is 14.3. The number of aromatic nitrogens is 5. The van der Waals surface area contributed by atoms with E-state index in [-0.39, 0.29) is 66.2 Å². The quantitative estimate of drug-likeness (QED) is 0.0400. The Bertz CT molecular complexity index is 6220. The third-order valence-electron chi connectivity index (χ3n) is 20.1. The van der Waals surface area contributed by atoms with Crippen molar-refractivity contribution in [3.05, 3.63) is 400 Å². The predicted molar refractivity (Wildman–Crippen MR) is 441 cm³/mol. The van der Waals surface area contributed by atoms with Gasteiger partial charge in [0.15, 0.2) is 28.8 Å². The first-order valence-corrected chi connectivity index (χ1v) is 36.6. The van der Waals surface area contributed by atoms with E-state index >= 15 is 0 Å². The lowest BCUT2D eigenvalue weighted by Crippen LogP contribution is -2.07. The Morgan fingerprint density at radius 1 is 0.307 bits per heavy atom. The largest absolute Gasteiger partial charge is 0.457 e. The van der Waals surface area contributed by atoms with Crippen LogP contribution in [0.5, 0.6) is 0 Å². The summed E-state index contributed by atoms with van der Waals surface area (Å²) in [7, 11) is 0. The van der Waals surface area contributed by atoms with Crippen LogP contribution in [0.3, 0.4) is 0 Å². The Morgan fingerprint density at radius 3 is 0.982 bits per heavy atom. The van der Waals surface area contributed by atoms with Gasteiger partial charge in [-0.2, -0.15) is 5.26 Å². The van der Waals surface area contributed by atoms with Crippen molar-refractivity contribution in [2.45, 2.75) is 26.4 Å². The Morgan fingerprint density at radius 2 is 0.632 bits per heavy atom. The number of carbonyl (C=O) groups excluding carboxylic acids is 4. The number of benzene rings is 14. The summed E-state index contributed by atoms with van der Waals surface area (Å²) >= 11 is 0. The molecule has 0 unspecified atom stereocenters. The molecule has 0 radical (unpaired) electrons. The summed E-state index contributed by atoms with van der Waals surface area (Å²) in [5, 5.41) is 12.3. The first-order chi connectivity index (χ1) is 56.0. The summed E-state index contributed by atoms with van der Waals surface area (Å²) in [5.41, 5.74) is 15.0. The number of hydrogen-bond acceptors (Lipinski definition) is 12. The number of nitrogens with zero attached hydrogens (tertiary/aromatic N) is 8. The molecule has 3 heterocycles. The van der Waals surface area contributed by atoms with Gasteiger partial charge in [-0.15, -0.1) is 0 Å². The van der Waals surface area contributed by atoms with Gasteiger partial charge in [0.25, 0.3) is 0 Å². The number of nitriles is 1. The minimum atomic E-state index is -0.565. The minimum absolute atomic E-state index is 0.0271. The van der Waals surface area contributed by atoms with Crippen LogP contribution >= 0.6 is 0 Å². The Kier molecular flexibility index (Phi) is 19.5. The molecule has 16 heteroatoms. The summed E-state index contributed by atoms with van der Waals surface area (Å²) in [6, 6.07) is 103. The van der Waals surface area contributed by atoms with E-state index in [9.17, 15) is 24.4 Å². The van der Waals surface area contributed by atoms with Crippen molar-refractivity contribution in [2.75, 3.05) is 0 Å². The molecule has 0 fully saturated rings. The van der Waals surface area contributed by atoms with Crippen LogP contribution in [0.15, 0.2) is 328 Å². The number of rotatable bonds is 20. The van der Waals surface area contributed by atoms with Crippen LogP contribution in [0.1, 0.15) is 69.2 Å². The molecule has 0 bridgehead atoms. The molecular formula is C98H62N8O8. The molecule has 17 rings (SSSR count). The summed E-state index contributed by atoms with van der Waals surface area (Å²) < 4.78 is 27.9. The molecule has 114 heavy (non-hydrogen) atoms. The van der Waals surface area contributed by atoms with Gasteiger partial charge in [-0.3, -0.25) is 0 Å². The predicted octanol–water partition coefficient (Wildman–Crippen LogP) is 22.5. The van der Waals surface area contributed by atoms with Gasteiger partial charge in [-0.05, 0) is 165 Å². The van der Waals surface area contributed by atoms with E-state index in [0.717, 1.165) is 33.4 Å². The van der Waals surface area contributed by atoms with Crippen molar-refractivity contribution < 1.29 is 38.1 Å². The van der Waals surface area contributed by atoms with Gasteiger partial charge in [-0.25, -0.2) is 43.8 Å². The van der Waals surface area contributed by atoms with E-state index in [2.05, 4.69) is 15.8 Å². The highest BCUT2D eigenvalue weighted by Crippen LogP contribution is 2.44. The van der Waals surface area contributed by atoms with Crippen molar-refractivity contribution in [1.82, 2.24) is 24.1 Å². The van der Waals surface area contributed by atoms with E-state index in [1.807, 2.05) is 270 Å². The average Bonchev–Trinajstić information content (AvgIpc) is 1.62. The normalized spacial score (nSPS) is 11.1. The Balaban J connectivity index is 0.906. The lowest BCUT2D eigenvalue weighted by Gasteiger charge is -2.19. The standard InChI is InChI=1S/C98H62N8O8/c1-100-84-32-17-15-30-76(84)70-38-44-78(90(55-70)105-86-46-40-72(95(107)111-58-62-20-7-3-8-21-62)51-80(86)81-52-73(41-47-87(81)105)96(108)112-59-63-22-9-4-10-23-63)93-102-92(68-36-34-67(35-37-68)69-29-19-28-66(50-69)57-99)103-94(104-93)79-45-39-71(77-31-16-18-33-85(77)101-2)56-91(79)106-88-48-42-74(97(109)113-60-64-24-11-5-12-25-64)53-82(88)83-54-75(43-49-89(83)106)98(110)114-61-65-26-13-6-14-27-65/h3-56H,58-61H2. The highest BCUT2D eigenvalue weighted by molar-refractivity contribution is 6.15. The van der Waals surface area contributed by atoms with Crippen LogP contribution in [-0.4, -0.2) is 48.0 Å². The molecule has 16 nitrogen and oxygen atoms in total. The fourth-order valence-electron chi connectivity index (χ4n) is 14.4. The topological polar surface area (TPSA) is 186 Å². The van der Waals surface area contributed by atoms with Crippen molar-refractivity contribution in [3.8, 4) is 85.0 Å². The van der Waals surface area contributed by atoms with Crippen LogP contribution in [0.25, 0.3) is 132 Å². The van der Waals surface area contributed by atoms with Crippen molar-refractivity contribution in [1.29, 1.82) is 5.26 Å². The van der Waals surface area contributed by atoms with E-state index < -0.39 is 23.9 Å². The number of hydrogen-bond donors (Lipinski definition) is 0. The molecule has 0 aliphatic heterocycles. The van der Waals surface area contributed by atoms with Gasteiger partial charge < -0.3 is 28.1 Å². The molecule has 0 spiro atoms. The zero-order chi connectivity index (χ0) is 77.6. The summed E-state index contributed by atoms with van der Waals surface area (Å²) in [6.45, 7) is 16.9. The van der Waals surface area contributed by atoms with Gasteiger partial charge in [0.2, 0.25) is 0 Å². The van der Waals surface area contributed by atoms with Gasteiger partial charge in [0, 0.05) is 38.2 Å². The molecular weight excluding hydrogens is 1420 g/mol. The molecule has 14 aromatic carbocycles. The van der Waals surface area contributed by atoms with E-state index in [1.165, 1.54) is 0 Å². The molecule has 0 N–H and O–H groups in total. The van der Waals surface area contributed by atoms with Gasteiger partial charge in [-0.1, -0.05) is 218 Å². The summed E-state index contributed by atoms with van der Waals surface area (Å²) in [6.07, 6.45) is 0. The van der Waals surface area contributed by atoms with Gasteiger partial charge in [0.05, 0.1) is 80.5 Å². The number of carbonyl (C=O) groups is 4. The second kappa shape index (κ2) is 31.3. The molecule has 0 saturated carbocycles. The zero-order valence-corrected chi connectivity index (χ0v) is 60.8. The summed E-state index contributed by atoms with van der Waals surface area (Å²) in [4.78, 5) is 81.9. The van der Waals surface area contributed by atoms with Crippen LogP contribution in [0.4, 0.5) is 11.4 Å². The van der Waals surface area contributed by atoms with E-state index in [0.29, 0.717) is 111 Å². The SMILES string of the molecule is [C-]#[N+]c1ccccc1-c1ccc(-c2nc(-c3ccc(-c4cccc(C#N)c4)cc3)nc(-c3ccc(-c4ccccc4[N+]#[C-])cc3-n3c4ccc(C(=O)OCc5ccccc5)cc4c4cc(C(=O)OCc5ccccc5)ccc43)n2)c(-n2c3ccc(C(=O)OCc4ccccc4)cc3c3cc(C(=O)OCc4ccccc4)ccc32)c1. The zero-order valence-electron chi connectivity index (χ0n) is 60.8. The van der Waals surface area contributed by atoms with Gasteiger partial charge >= 0.3 is 23.9 Å². The summed E-state index contributed by atoms with van der Waals surface area (Å²) in [5.74, 6) is -1.60. The second-order valence-electron chi connectivity index (χ2n) is 27.1. The lowest BCUT2D eigenvalue weighted by molar-refractivity contribution is 0.0464. The van der Waals surface area contributed by atoms with Crippen LogP contribution in [-0.2, 0) is 45.4 Å². The van der Waals surface area contributed by atoms with E-state index in [1.54, 1.807) is 66.7 Å². The highest BCUT2D eigenvalue weighted by Gasteiger charge is 2.27. The molecule has 3 aromatic heterocycles. The number of para-hydroxylation sites is 2. The monoisotopic (exact) mass is 1480 g/mol. The average molecular weight is 1480 g/mol. The third kappa shape index (κ3) is 14.3. The van der Waals surface area contributed by atoms with Crippen LogP contribution in [0.2, 0.25) is 0 Å². The minimum Gasteiger partial charge on any atom is -0.457 e. The Labute approximate surface area is 654 Å². The number of ether oxygens (including phenoxy) is 4. The maximum Gasteiger partial charge on any atom is 0.338 e. The molecule has 17 aromatic rings. The number of fused-ring (bicyclic) bond motifs is 6.